The summed E-state index contributed by atoms with van der Waals surface area (Å²) in [6.45, 7) is 9.07. The highest BCUT2D eigenvalue weighted by atomic mass is 32.1. The Morgan fingerprint density at radius 3 is 2.91 bits per heavy atom. The normalized spacial score (nSPS) is 18.2. The van der Waals surface area contributed by atoms with Gasteiger partial charge in [0.15, 0.2) is 5.96 Å². The lowest BCUT2D eigenvalue weighted by molar-refractivity contribution is 0.0320. The van der Waals surface area contributed by atoms with Crippen LogP contribution in [0.5, 0.6) is 0 Å². The Morgan fingerprint density at radius 2 is 2.27 bits per heavy atom. The molecular formula is C16H28N4OS. The Labute approximate surface area is 138 Å². The SMILES string of the molecule is CN=C(NCC(C)CN1CCOCC1)N(C)Cc1ccsc1. The van der Waals surface area contributed by atoms with E-state index in [9.17, 15) is 0 Å². The Balaban J connectivity index is 1.72. The lowest BCUT2D eigenvalue weighted by Gasteiger charge is -2.30. The van der Waals surface area contributed by atoms with Gasteiger partial charge < -0.3 is 15.0 Å². The van der Waals surface area contributed by atoms with Crippen LogP contribution in [0.4, 0.5) is 0 Å². The number of nitrogens with zero attached hydrogens (tertiary/aromatic N) is 3. The van der Waals surface area contributed by atoms with Gasteiger partial charge in [-0.05, 0) is 28.3 Å². The number of guanidine groups is 1. The first-order valence-electron chi connectivity index (χ1n) is 7.92. The molecule has 1 saturated heterocycles. The van der Waals surface area contributed by atoms with E-state index in [2.05, 4.69) is 50.9 Å². The summed E-state index contributed by atoms with van der Waals surface area (Å²) in [7, 11) is 3.93. The molecule has 0 saturated carbocycles. The van der Waals surface area contributed by atoms with Crippen LogP contribution in [0.25, 0.3) is 0 Å². The molecule has 2 heterocycles. The second-order valence-corrected chi connectivity index (χ2v) is 6.71. The summed E-state index contributed by atoms with van der Waals surface area (Å²) < 4.78 is 5.40. The zero-order chi connectivity index (χ0) is 15.8. The molecule has 1 aromatic rings. The number of hydrogen-bond acceptors (Lipinski definition) is 4. The Morgan fingerprint density at radius 1 is 1.50 bits per heavy atom. The fourth-order valence-corrected chi connectivity index (χ4v) is 3.33. The van der Waals surface area contributed by atoms with Crippen molar-refractivity contribution in [3.8, 4) is 0 Å². The summed E-state index contributed by atoms with van der Waals surface area (Å²) in [5, 5.41) is 7.79. The fourth-order valence-electron chi connectivity index (χ4n) is 2.67. The van der Waals surface area contributed by atoms with Crippen LogP contribution in [0, 0.1) is 5.92 Å². The van der Waals surface area contributed by atoms with Crippen LogP contribution in [-0.2, 0) is 11.3 Å². The molecule has 5 nitrogen and oxygen atoms in total. The molecule has 1 aliphatic heterocycles. The van der Waals surface area contributed by atoms with Gasteiger partial charge in [0.05, 0.1) is 13.2 Å². The summed E-state index contributed by atoms with van der Waals surface area (Å²) in [6, 6.07) is 2.16. The monoisotopic (exact) mass is 324 g/mol. The number of thiophene rings is 1. The number of ether oxygens (including phenoxy) is 1. The van der Waals surface area contributed by atoms with E-state index in [4.69, 9.17) is 4.74 Å². The van der Waals surface area contributed by atoms with Crippen molar-refractivity contribution in [2.75, 3.05) is 53.5 Å². The number of aliphatic imine (C=N–C) groups is 1. The van der Waals surface area contributed by atoms with Crippen molar-refractivity contribution in [1.29, 1.82) is 0 Å². The lowest BCUT2D eigenvalue weighted by atomic mass is 10.1. The number of rotatable bonds is 6. The molecule has 0 aromatic carbocycles. The summed E-state index contributed by atoms with van der Waals surface area (Å²) in [4.78, 5) is 9.04. The van der Waals surface area contributed by atoms with E-state index in [1.165, 1.54) is 5.56 Å². The Kier molecular flexibility index (Phi) is 7.15. The second kappa shape index (κ2) is 9.12. The summed E-state index contributed by atoms with van der Waals surface area (Å²) >= 11 is 1.74. The average molecular weight is 324 g/mol. The van der Waals surface area contributed by atoms with Crippen molar-refractivity contribution in [1.82, 2.24) is 15.1 Å². The molecule has 2 rings (SSSR count). The third kappa shape index (κ3) is 5.59. The van der Waals surface area contributed by atoms with Crippen molar-refractivity contribution in [2.24, 2.45) is 10.9 Å². The van der Waals surface area contributed by atoms with Gasteiger partial charge in [-0.2, -0.15) is 11.3 Å². The molecule has 1 aromatic heterocycles. The quantitative estimate of drug-likeness (QED) is 0.639. The predicted molar refractivity (Wildman–Crippen MR) is 93.6 cm³/mol. The van der Waals surface area contributed by atoms with Crippen molar-refractivity contribution in [3.63, 3.8) is 0 Å². The van der Waals surface area contributed by atoms with E-state index < -0.39 is 0 Å². The first-order valence-corrected chi connectivity index (χ1v) is 8.86. The van der Waals surface area contributed by atoms with Crippen LogP contribution >= 0.6 is 11.3 Å². The minimum atomic E-state index is 0.587. The first kappa shape index (κ1) is 17.2. The van der Waals surface area contributed by atoms with Gasteiger partial charge in [0.25, 0.3) is 0 Å². The largest absolute Gasteiger partial charge is 0.379 e. The fraction of sp³-hybridized carbons (Fsp3) is 0.688. The van der Waals surface area contributed by atoms with Gasteiger partial charge in [0.1, 0.15) is 0 Å². The maximum absolute atomic E-state index is 5.40. The molecule has 0 radical (unpaired) electrons. The molecule has 1 aliphatic rings. The number of hydrogen-bond donors (Lipinski definition) is 1. The molecule has 22 heavy (non-hydrogen) atoms. The molecule has 0 bridgehead atoms. The second-order valence-electron chi connectivity index (χ2n) is 5.93. The van der Waals surface area contributed by atoms with E-state index in [-0.39, 0.29) is 0 Å². The van der Waals surface area contributed by atoms with Crippen LogP contribution in [0.1, 0.15) is 12.5 Å². The van der Waals surface area contributed by atoms with Gasteiger partial charge >= 0.3 is 0 Å². The molecule has 0 aliphatic carbocycles. The smallest absolute Gasteiger partial charge is 0.193 e. The zero-order valence-corrected chi connectivity index (χ0v) is 14.7. The van der Waals surface area contributed by atoms with E-state index in [0.717, 1.165) is 51.9 Å². The minimum Gasteiger partial charge on any atom is -0.379 e. The van der Waals surface area contributed by atoms with E-state index in [1.54, 1.807) is 11.3 Å². The number of morpholine rings is 1. The van der Waals surface area contributed by atoms with E-state index in [1.807, 2.05) is 7.05 Å². The van der Waals surface area contributed by atoms with Gasteiger partial charge in [0.2, 0.25) is 0 Å². The molecule has 1 N–H and O–H groups in total. The maximum atomic E-state index is 5.40. The molecular weight excluding hydrogens is 296 g/mol. The molecule has 0 amide bonds. The summed E-state index contributed by atoms with van der Waals surface area (Å²) in [5.74, 6) is 1.55. The van der Waals surface area contributed by atoms with Crippen molar-refractivity contribution in [3.05, 3.63) is 22.4 Å². The third-order valence-electron chi connectivity index (χ3n) is 3.86. The van der Waals surface area contributed by atoms with Gasteiger partial charge in [-0.15, -0.1) is 0 Å². The Hall–Kier alpha value is -1.11. The topological polar surface area (TPSA) is 40.1 Å². The molecule has 1 atom stereocenters. The van der Waals surface area contributed by atoms with Crippen LogP contribution in [0.3, 0.4) is 0 Å². The molecule has 1 unspecified atom stereocenters. The third-order valence-corrected chi connectivity index (χ3v) is 4.59. The Bertz CT molecular complexity index is 443. The van der Waals surface area contributed by atoms with Crippen LogP contribution < -0.4 is 5.32 Å². The molecule has 1 fully saturated rings. The average Bonchev–Trinajstić information content (AvgIpc) is 3.01. The zero-order valence-electron chi connectivity index (χ0n) is 13.9. The van der Waals surface area contributed by atoms with Gasteiger partial charge in [-0.25, -0.2) is 0 Å². The van der Waals surface area contributed by atoms with E-state index in [0.29, 0.717) is 5.92 Å². The van der Waals surface area contributed by atoms with Gasteiger partial charge in [-0.3, -0.25) is 9.89 Å². The standard InChI is InChI=1S/C16H28N4OS/c1-14(11-20-5-7-21-8-6-20)10-18-16(17-2)19(3)12-15-4-9-22-13-15/h4,9,13-14H,5-8,10-12H2,1-3H3,(H,17,18). The molecule has 124 valence electrons. The predicted octanol–water partition coefficient (Wildman–Crippen LogP) is 1.72. The first-order chi connectivity index (χ1) is 10.7. The molecule has 0 spiro atoms. The van der Waals surface area contributed by atoms with Crippen LogP contribution in [0.2, 0.25) is 0 Å². The van der Waals surface area contributed by atoms with Crippen molar-refractivity contribution >= 4 is 17.3 Å². The summed E-state index contributed by atoms with van der Waals surface area (Å²) in [6.07, 6.45) is 0. The van der Waals surface area contributed by atoms with Crippen molar-refractivity contribution in [2.45, 2.75) is 13.5 Å². The van der Waals surface area contributed by atoms with Crippen molar-refractivity contribution < 1.29 is 4.74 Å². The van der Waals surface area contributed by atoms with Gasteiger partial charge in [-0.1, -0.05) is 6.92 Å². The highest BCUT2D eigenvalue weighted by Crippen LogP contribution is 2.08. The van der Waals surface area contributed by atoms with Crippen LogP contribution in [0.15, 0.2) is 21.8 Å². The van der Waals surface area contributed by atoms with Gasteiger partial charge in [0, 0.05) is 46.8 Å². The number of nitrogens with one attached hydrogen (secondary N) is 1. The molecule has 6 heteroatoms. The lowest BCUT2D eigenvalue weighted by Crippen LogP contribution is -2.44. The minimum absolute atomic E-state index is 0.587. The maximum Gasteiger partial charge on any atom is 0.193 e. The van der Waals surface area contributed by atoms with E-state index >= 15 is 0 Å². The van der Waals surface area contributed by atoms with Crippen LogP contribution in [-0.4, -0.2) is 69.2 Å². The highest BCUT2D eigenvalue weighted by Gasteiger charge is 2.14. The highest BCUT2D eigenvalue weighted by molar-refractivity contribution is 7.07. The summed E-state index contributed by atoms with van der Waals surface area (Å²) in [5.41, 5.74) is 1.33.